The van der Waals surface area contributed by atoms with Gasteiger partial charge in [-0.25, -0.2) is 0 Å². The van der Waals surface area contributed by atoms with Gasteiger partial charge in [-0.15, -0.1) is 0 Å². The van der Waals surface area contributed by atoms with Crippen LogP contribution in [0.3, 0.4) is 0 Å². The lowest BCUT2D eigenvalue weighted by Crippen LogP contribution is -2.45. The Labute approximate surface area is 196 Å². The van der Waals surface area contributed by atoms with E-state index in [1.807, 2.05) is 12.1 Å². The van der Waals surface area contributed by atoms with E-state index in [2.05, 4.69) is 15.5 Å². The molecule has 1 saturated carbocycles. The van der Waals surface area contributed by atoms with Crippen molar-refractivity contribution in [3.8, 4) is 0 Å². The molecule has 9 heteroatoms. The molecule has 0 aromatic heterocycles. The first kappa shape index (κ1) is 25.3. The molecule has 0 radical (unpaired) electrons. The van der Waals surface area contributed by atoms with Gasteiger partial charge >= 0.3 is 7.12 Å². The molecule has 3 rings (SSSR count). The van der Waals surface area contributed by atoms with Gasteiger partial charge in [0.1, 0.15) is 0 Å². The van der Waals surface area contributed by atoms with Crippen LogP contribution in [-0.4, -0.2) is 59.5 Å². The van der Waals surface area contributed by atoms with Crippen molar-refractivity contribution in [2.24, 2.45) is 5.73 Å². The van der Waals surface area contributed by atoms with Crippen LogP contribution in [0.1, 0.15) is 73.7 Å². The Bertz CT molecular complexity index is 822. The van der Waals surface area contributed by atoms with Crippen LogP contribution in [0.5, 0.6) is 0 Å². The maximum Gasteiger partial charge on any atom is 0.475 e. The van der Waals surface area contributed by atoms with Crippen molar-refractivity contribution in [1.29, 1.82) is 0 Å². The van der Waals surface area contributed by atoms with E-state index in [9.17, 15) is 19.6 Å². The van der Waals surface area contributed by atoms with Crippen LogP contribution in [0.2, 0.25) is 0 Å². The number of allylic oxidation sites excluding steroid dienone is 1. The van der Waals surface area contributed by atoms with E-state index < -0.39 is 7.12 Å². The number of hydrogen-bond acceptors (Lipinski definition) is 6. The fourth-order valence-electron chi connectivity index (χ4n) is 4.45. The maximum absolute atomic E-state index is 12.7. The first-order chi connectivity index (χ1) is 16.0. The molecule has 8 nitrogen and oxygen atoms in total. The summed E-state index contributed by atoms with van der Waals surface area (Å²) in [6.45, 7) is 2.27. The van der Waals surface area contributed by atoms with Crippen LogP contribution in [0, 0.1) is 0 Å². The monoisotopic (exact) mass is 456 g/mol. The highest BCUT2D eigenvalue weighted by atomic mass is 16.4. The number of carbonyl (C=O) groups excluding carboxylic acids is 2. The lowest BCUT2D eigenvalue weighted by Gasteiger charge is -2.34. The van der Waals surface area contributed by atoms with Gasteiger partial charge in [-0.1, -0.05) is 18.6 Å². The third-order valence-electron chi connectivity index (χ3n) is 6.59. The molecule has 180 valence electrons. The fourth-order valence-corrected chi connectivity index (χ4v) is 4.45. The number of likely N-dealkylation sites (tertiary alicyclic amines) is 1. The third-order valence-corrected chi connectivity index (χ3v) is 6.59. The van der Waals surface area contributed by atoms with E-state index in [4.69, 9.17) is 5.73 Å². The summed E-state index contributed by atoms with van der Waals surface area (Å²) in [4.78, 5) is 26.7. The van der Waals surface area contributed by atoms with Crippen molar-refractivity contribution in [1.82, 2.24) is 15.5 Å². The van der Waals surface area contributed by atoms with Gasteiger partial charge in [-0.3, -0.25) is 9.59 Å². The molecule has 1 heterocycles. The highest BCUT2D eigenvalue weighted by molar-refractivity contribution is 6.43. The van der Waals surface area contributed by atoms with Crippen molar-refractivity contribution in [2.45, 2.75) is 70.3 Å². The van der Waals surface area contributed by atoms with Gasteiger partial charge in [0.25, 0.3) is 5.91 Å². The summed E-state index contributed by atoms with van der Waals surface area (Å²) < 4.78 is 0. The first-order valence-corrected chi connectivity index (χ1v) is 12.2. The molecule has 1 aromatic carbocycles. The zero-order valence-corrected chi connectivity index (χ0v) is 19.4. The van der Waals surface area contributed by atoms with Gasteiger partial charge in [0.15, 0.2) is 0 Å². The number of carbonyl (C=O) groups is 2. The van der Waals surface area contributed by atoms with Crippen LogP contribution in [0.15, 0.2) is 35.5 Å². The van der Waals surface area contributed by atoms with E-state index in [0.29, 0.717) is 31.6 Å². The quantitative estimate of drug-likeness (QED) is 0.239. The second kappa shape index (κ2) is 12.8. The van der Waals surface area contributed by atoms with Crippen molar-refractivity contribution in [3.63, 3.8) is 0 Å². The molecule has 0 bridgehead atoms. The SMILES string of the molecule is NCCCCCC(=O)NCc1ccc(C(=O)NCC(=C2CCC2)N2CCCC2B(O)O)cc1. The standard InChI is InChI=1S/C24H37BN4O4/c26-14-3-1-2-9-23(30)27-16-18-10-12-20(13-11-18)24(31)28-17-21(19-6-4-7-19)29-15-5-8-22(29)25(32)33/h10-13,22,32-33H,1-9,14-17,26H2,(H,27,30)(H,28,31). The van der Waals surface area contributed by atoms with Crippen LogP contribution >= 0.6 is 0 Å². The minimum absolute atomic E-state index is 0.0265. The Balaban J connectivity index is 1.49. The Morgan fingerprint density at radius 1 is 1.06 bits per heavy atom. The van der Waals surface area contributed by atoms with Gasteiger partial charge < -0.3 is 31.3 Å². The van der Waals surface area contributed by atoms with Crippen LogP contribution < -0.4 is 16.4 Å². The number of rotatable bonds is 12. The smallest absolute Gasteiger partial charge is 0.426 e. The molecule has 33 heavy (non-hydrogen) atoms. The molecule has 6 N–H and O–H groups in total. The number of benzene rings is 1. The Hall–Kier alpha value is -2.36. The Morgan fingerprint density at radius 2 is 1.82 bits per heavy atom. The summed E-state index contributed by atoms with van der Waals surface area (Å²) in [6, 6.07) is 7.25. The highest BCUT2D eigenvalue weighted by Gasteiger charge is 2.36. The molecular formula is C24H37BN4O4. The highest BCUT2D eigenvalue weighted by Crippen LogP contribution is 2.33. The molecule has 1 saturated heterocycles. The zero-order valence-electron chi connectivity index (χ0n) is 19.4. The summed E-state index contributed by atoms with van der Waals surface area (Å²) in [7, 11) is -1.38. The first-order valence-electron chi connectivity index (χ1n) is 12.2. The van der Waals surface area contributed by atoms with E-state index >= 15 is 0 Å². The molecule has 1 atom stereocenters. The van der Waals surface area contributed by atoms with Gasteiger partial charge in [0.05, 0.1) is 12.5 Å². The fraction of sp³-hybridized carbons (Fsp3) is 0.583. The zero-order chi connectivity index (χ0) is 23.6. The number of hydrogen-bond donors (Lipinski definition) is 5. The molecule has 1 aliphatic carbocycles. The Kier molecular flexibility index (Phi) is 9.78. The van der Waals surface area contributed by atoms with Gasteiger partial charge in [-0.2, -0.15) is 0 Å². The largest absolute Gasteiger partial charge is 0.475 e. The predicted octanol–water partition coefficient (Wildman–Crippen LogP) is 1.47. The average Bonchev–Trinajstić information content (AvgIpc) is 3.27. The van der Waals surface area contributed by atoms with Crippen LogP contribution in [0.25, 0.3) is 0 Å². The Morgan fingerprint density at radius 3 is 2.45 bits per heavy atom. The third kappa shape index (κ3) is 7.32. The summed E-state index contributed by atoms with van der Waals surface area (Å²) in [5.41, 5.74) is 9.30. The van der Waals surface area contributed by atoms with E-state index in [0.717, 1.165) is 69.2 Å². The number of amides is 2. The van der Waals surface area contributed by atoms with E-state index in [1.165, 1.54) is 5.57 Å². The number of nitrogens with one attached hydrogen (secondary N) is 2. The second-order valence-corrected chi connectivity index (χ2v) is 8.98. The lowest BCUT2D eigenvalue weighted by atomic mass is 9.77. The van der Waals surface area contributed by atoms with Crippen molar-refractivity contribution in [3.05, 3.63) is 46.7 Å². The number of nitrogens with zero attached hydrogens (tertiary/aromatic N) is 1. The van der Waals surface area contributed by atoms with Gasteiger partial charge in [0, 0.05) is 30.8 Å². The summed E-state index contributed by atoms with van der Waals surface area (Å²) in [6.07, 6.45) is 8.06. The number of nitrogens with two attached hydrogens (primary N) is 1. The predicted molar refractivity (Wildman–Crippen MR) is 129 cm³/mol. The minimum Gasteiger partial charge on any atom is -0.426 e. The lowest BCUT2D eigenvalue weighted by molar-refractivity contribution is -0.121. The minimum atomic E-state index is -1.38. The second-order valence-electron chi connectivity index (χ2n) is 8.98. The molecule has 2 amide bonds. The van der Waals surface area contributed by atoms with Crippen LogP contribution in [0.4, 0.5) is 0 Å². The van der Waals surface area contributed by atoms with E-state index in [-0.39, 0.29) is 17.8 Å². The van der Waals surface area contributed by atoms with Crippen LogP contribution in [-0.2, 0) is 11.3 Å². The van der Waals surface area contributed by atoms with Gasteiger partial charge in [-0.05, 0) is 74.8 Å². The summed E-state index contributed by atoms with van der Waals surface area (Å²) in [5.74, 6) is -0.443. The van der Waals surface area contributed by atoms with Gasteiger partial charge in [0.2, 0.25) is 5.91 Å². The van der Waals surface area contributed by atoms with E-state index in [1.54, 1.807) is 12.1 Å². The normalized spacial score (nSPS) is 17.5. The maximum atomic E-state index is 12.7. The molecule has 2 aliphatic rings. The molecule has 1 aromatic rings. The summed E-state index contributed by atoms with van der Waals surface area (Å²) in [5, 5.41) is 25.4. The summed E-state index contributed by atoms with van der Waals surface area (Å²) >= 11 is 0. The topological polar surface area (TPSA) is 128 Å². The van der Waals surface area contributed by atoms with Crippen molar-refractivity contribution >= 4 is 18.9 Å². The molecule has 0 spiro atoms. The number of unbranched alkanes of at least 4 members (excludes halogenated alkanes) is 2. The molecule has 2 fully saturated rings. The van der Waals surface area contributed by atoms with Crippen molar-refractivity contribution in [2.75, 3.05) is 19.6 Å². The van der Waals surface area contributed by atoms with Crippen molar-refractivity contribution < 1.29 is 19.6 Å². The molecular weight excluding hydrogens is 419 g/mol. The molecule has 1 aliphatic heterocycles. The average molecular weight is 456 g/mol. The molecule has 1 unspecified atom stereocenters.